The summed E-state index contributed by atoms with van der Waals surface area (Å²) in [5, 5.41) is 13.0. The van der Waals surface area contributed by atoms with E-state index in [9.17, 15) is 9.90 Å². The average molecular weight is 380 g/mol. The molecular formula is C22H24N2O4. The van der Waals surface area contributed by atoms with Gasteiger partial charge in [0, 0.05) is 11.3 Å². The standard InChI is InChI=1S/C22H24N2O4/c1-3-27-18-10-11-20(16(2)13-18)23-22(26)24(15-19-8-6-12-28-19)14-17-7-4-5-9-21(17)25/h4-13,25H,3,14-15H2,1-2H3,(H,23,26). The summed E-state index contributed by atoms with van der Waals surface area (Å²) in [7, 11) is 0. The number of nitrogens with zero attached hydrogens (tertiary/aromatic N) is 1. The van der Waals surface area contributed by atoms with Gasteiger partial charge in [-0.3, -0.25) is 0 Å². The van der Waals surface area contributed by atoms with Crippen molar-refractivity contribution in [1.82, 2.24) is 4.90 Å². The van der Waals surface area contributed by atoms with Crippen molar-refractivity contribution in [3.8, 4) is 11.5 Å². The number of urea groups is 1. The van der Waals surface area contributed by atoms with Crippen molar-refractivity contribution in [2.45, 2.75) is 26.9 Å². The third-order valence-electron chi connectivity index (χ3n) is 4.32. The number of hydrogen-bond acceptors (Lipinski definition) is 4. The zero-order chi connectivity index (χ0) is 19.9. The van der Waals surface area contributed by atoms with Crippen molar-refractivity contribution in [2.75, 3.05) is 11.9 Å². The molecule has 3 rings (SSSR count). The molecule has 0 aliphatic heterocycles. The summed E-state index contributed by atoms with van der Waals surface area (Å²) in [6.07, 6.45) is 1.57. The van der Waals surface area contributed by atoms with Crippen LogP contribution in [0.2, 0.25) is 0 Å². The smallest absolute Gasteiger partial charge is 0.322 e. The van der Waals surface area contributed by atoms with Crippen molar-refractivity contribution < 1.29 is 19.1 Å². The second kappa shape index (κ2) is 8.99. The van der Waals surface area contributed by atoms with Crippen molar-refractivity contribution >= 4 is 11.7 Å². The van der Waals surface area contributed by atoms with Gasteiger partial charge in [-0.15, -0.1) is 0 Å². The minimum Gasteiger partial charge on any atom is -0.508 e. The molecule has 2 N–H and O–H groups in total. The van der Waals surface area contributed by atoms with Gasteiger partial charge in [0.15, 0.2) is 0 Å². The Bertz CT molecular complexity index is 922. The molecule has 0 aliphatic rings. The summed E-state index contributed by atoms with van der Waals surface area (Å²) in [6.45, 7) is 4.95. The predicted molar refractivity (Wildman–Crippen MR) is 107 cm³/mol. The van der Waals surface area contributed by atoms with Gasteiger partial charge in [0.05, 0.1) is 26.0 Å². The highest BCUT2D eigenvalue weighted by Crippen LogP contribution is 2.24. The highest BCUT2D eigenvalue weighted by Gasteiger charge is 2.18. The van der Waals surface area contributed by atoms with Gasteiger partial charge in [-0.2, -0.15) is 0 Å². The lowest BCUT2D eigenvalue weighted by Crippen LogP contribution is -2.34. The molecule has 1 aromatic heterocycles. The number of nitrogens with one attached hydrogen (secondary N) is 1. The summed E-state index contributed by atoms with van der Waals surface area (Å²) in [4.78, 5) is 14.6. The molecule has 0 saturated heterocycles. The van der Waals surface area contributed by atoms with Crippen LogP contribution in [0.5, 0.6) is 11.5 Å². The predicted octanol–water partition coefficient (Wildman–Crippen LogP) is 4.93. The van der Waals surface area contributed by atoms with Gasteiger partial charge in [0.2, 0.25) is 0 Å². The quantitative estimate of drug-likeness (QED) is 0.610. The number of para-hydroxylation sites is 1. The lowest BCUT2D eigenvalue weighted by molar-refractivity contribution is 0.200. The molecule has 0 radical (unpaired) electrons. The maximum absolute atomic E-state index is 13.0. The Labute approximate surface area is 164 Å². The van der Waals surface area contributed by atoms with E-state index in [1.807, 2.05) is 44.2 Å². The number of rotatable bonds is 7. The van der Waals surface area contributed by atoms with Crippen LogP contribution in [-0.2, 0) is 13.1 Å². The Hall–Kier alpha value is -3.41. The van der Waals surface area contributed by atoms with Gasteiger partial charge in [0.1, 0.15) is 17.3 Å². The number of furan rings is 1. The molecule has 0 unspecified atom stereocenters. The average Bonchev–Trinajstić information content (AvgIpc) is 3.18. The van der Waals surface area contributed by atoms with Gasteiger partial charge in [0.25, 0.3) is 0 Å². The minimum atomic E-state index is -0.285. The van der Waals surface area contributed by atoms with Crippen molar-refractivity contribution in [3.05, 3.63) is 77.7 Å². The molecule has 0 saturated carbocycles. The topological polar surface area (TPSA) is 74.9 Å². The van der Waals surface area contributed by atoms with E-state index in [1.165, 1.54) is 0 Å². The number of ether oxygens (including phenoxy) is 1. The van der Waals surface area contributed by atoms with Crippen molar-refractivity contribution in [3.63, 3.8) is 0 Å². The van der Waals surface area contributed by atoms with Gasteiger partial charge in [-0.05, 0) is 55.8 Å². The fourth-order valence-electron chi connectivity index (χ4n) is 2.87. The number of phenolic OH excluding ortho intramolecular Hbond substituents is 1. The van der Waals surface area contributed by atoms with Crippen LogP contribution in [0.3, 0.4) is 0 Å². The molecule has 146 valence electrons. The Morgan fingerprint density at radius 3 is 2.64 bits per heavy atom. The van der Waals surface area contributed by atoms with Gasteiger partial charge in [-0.25, -0.2) is 4.79 Å². The molecular weight excluding hydrogens is 356 g/mol. The fraction of sp³-hybridized carbons (Fsp3) is 0.227. The van der Waals surface area contributed by atoms with Gasteiger partial charge >= 0.3 is 6.03 Å². The van der Waals surface area contributed by atoms with E-state index >= 15 is 0 Å². The molecule has 2 amide bonds. The third kappa shape index (κ3) is 4.85. The Morgan fingerprint density at radius 1 is 1.14 bits per heavy atom. The molecule has 6 heteroatoms. The number of phenols is 1. The van der Waals surface area contributed by atoms with Crippen molar-refractivity contribution in [1.29, 1.82) is 0 Å². The van der Waals surface area contributed by atoms with E-state index in [4.69, 9.17) is 9.15 Å². The van der Waals surface area contributed by atoms with Crippen LogP contribution in [0.25, 0.3) is 0 Å². The number of benzene rings is 2. The van der Waals surface area contributed by atoms with E-state index in [-0.39, 0.29) is 24.9 Å². The second-order valence-corrected chi connectivity index (χ2v) is 6.40. The minimum absolute atomic E-state index is 0.150. The molecule has 6 nitrogen and oxygen atoms in total. The van der Waals surface area contributed by atoms with E-state index in [0.717, 1.165) is 11.3 Å². The molecule has 28 heavy (non-hydrogen) atoms. The number of amides is 2. The lowest BCUT2D eigenvalue weighted by atomic mass is 10.2. The maximum atomic E-state index is 13.0. The highest BCUT2D eigenvalue weighted by molar-refractivity contribution is 5.90. The number of hydrogen-bond donors (Lipinski definition) is 2. The Balaban J connectivity index is 1.79. The zero-order valence-corrected chi connectivity index (χ0v) is 16.0. The number of aryl methyl sites for hydroxylation is 1. The first kappa shape index (κ1) is 19.4. The third-order valence-corrected chi connectivity index (χ3v) is 4.32. The molecule has 0 fully saturated rings. The largest absolute Gasteiger partial charge is 0.508 e. The van der Waals surface area contributed by atoms with E-state index in [0.29, 0.717) is 23.6 Å². The maximum Gasteiger partial charge on any atom is 0.322 e. The summed E-state index contributed by atoms with van der Waals surface area (Å²) >= 11 is 0. The SMILES string of the molecule is CCOc1ccc(NC(=O)N(Cc2ccco2)Cc2ccccc2O)c(C)c1. The number of anilines is 1. The molecule has 0 atom stereocenters. The summed E-state index contributed by atoms with van der Waals surface area (Å²) in [5.41, 5.74) is 2.27. The molecule has 2 aromatic carbocycles. The number of carbonyl (C=O) groups is 1. The van der Waals surface area contributed by atoms with Crippen LogP contribution in [0.15, 0.2) is 65.3 Å². The fourth-order valence-corrected chi connectivity index (χ4v) is 2.87. The first-order chi connectivity index (χ1) is 13.6. The Kier molecular flexibility index (Phi) is 6.22. The molecule has 3 aromatic rings. The Morgan fingerprint density at radius 2 is 1.96 bits per heavy atom. The van der Waals surface area contributed by atoms with E-state index < -0.39 is 0 Å². The summed E-state index contributed by atoms with van der Waals surface area (Å²) < 4.78 is 10.9. The van der Waals surface area contributed by atoms with Crippen LogP contribution in [0.1, 0.15) is 23.8 Å². The lowest BCUT2D eigenvalue weighted by Gasteiger charge is -2.23. The highest BCUT2D eigenvalue weighted by atomic mass is 16.5. The molecule has 0 spiro atoms. The zero-order valence-electron chi connectivity index (χ0n) is 16.0. The molecule has 0 bridgehead atoms. The van der Waals surface area contributed by atoms with E-state index in [1.54, 1.807) is 35.4 Å². The van der Waals surface area contributed by atoms with Crippen LogP contribution in [0, 0.1) is 6.92 Å². The normalized spacial score (nSPS) is 10.5. The van der Waals surface area contributed by atoms with Crippen LogP contribution in [0.4, 0.5) is 10.5 Å². The number of aromatic hydroxyl groups is 1. The van der Waals surface area contributed by atoms with Crippen molar-refractivity contribution in [2.24, 2.45) is 0 Å². The van der Waals surface area contributed by atoms with Crippen LogP contribution in [-0.4, -0.2) is 22.6 Å². The van der Waals surface area contributed by atoms with E-state index in [2.05, 4.69) is 5.32 Å². The first-order valence-corrected chi connectivity index (χ1v) is 9.15. The summed E-state index contributed by atoms with van der Waals surface area (Å²) in [5.74, 6) is 1.57. The monoisotopic (exact) mass is 380 g/mol. The molecule has 0 aliphatic carbocycles. The van der Waals surface area contributed by atoms with Crippen LogP contribution >= 0.6 is 0 Å². The first-order valence-electron chi connectivity index (χ1n) is 9.15. The summed E-state index contributed by atoms with van der Waals surface area (Å²) in [6, 6.07) is 15.8. The van der Waals surface area contributed by atoms with Crippen LogP contribution < -0.4 is 10.1 Å². The second-order valence-electron chi connectivity index (χ2n) is 6.40. The van der Waals surface area contributed by atoms with Gasteiger partial charge < -0.3 is 24.5 Å². The van der Waals surface area contributed by atoms with Gasteiger partial charge in [-0.1, -0.05) is 18.2 Å². The number of carbonyl (C=O) groups excluding carboxylic acids is 1. The molecule has 1 heterocycles.